The van der Waals surface area contributed by atoms with E-state index >= 15 is 0 Å². The maximum absolute atomic E-state index is 12.7. The third kappa shape index (κ3) is 4.42. The molecule has 7 heteroatoms. The highest BCUT2D eigenvalue weighted by atomic mass is 16.5. The zero-order valence-electron chi connectivity index (χ0n) is 16.4. The van der Waals surface area contributed by atoms with Gasteiger partial charge in [0.25, 0.3) is 11.8 Å². The van der Waals surface area contributed by atoms with Crippen LogP contribution in [0.4, 0.5) is 5.69 Å². The van der Waals surface area contributed by atoms with E-state index in [1.165, 1.54) is 19.4 Å². The highest BCUT2D eigenvalue weighted by molar-refractivity contribution is 6.05. The van der Waals surface area contributed by atoms with Crippen molar-refractivity contribution in [3.8, 4) is 11.5 Å². The molecule has 0 unspecified atom stereocenters. The van der Waals surface area contributed by atoms with Gasteiger partial charge in [-0.15, -0.1) is 0 Å². The van der Waals surface area contributed by atoms with Crippen molar-refractivity contribution in [3.05, 3.63) is 47.8 Å². The second-order valence-corrected chi connectivity index (χ2v) is 6.92. The smallest absolute Gasteiger partial charge is 0.274 e. The van der Waals surface area contributed by atoms with Gasteiger partial charge in [0.15, 0.2) is 0 Å². The van der Waals surface area contributed by atoms with E-state index in [9.17, 15) is 9.59 Å². The first-order valence-corrected chi connectivity index (χ1v) is 9.30. The summed E-state index contributed by atoms with van der Waals surface area (Å²) in [6.45, 7) is 3.68. The van der Waals surface area contributed by atoms with Crippen LogP contribution in [-0.2, 0) is 0 Å². The number of pyridine rings is 1. The number of anilines is 1. The minimum absolute atomic E-state index is 0.0645. The number of nitrogens with one attached hydrogen (secondary N) is 1. The second-order valence-electron chi connectivity index (χ2n) is 6.92. The van der Waals surface area contributed by atoms with Crippen molar-refractivity contribution in [3.63, 3.8) is 0 Å². The Morgan fingerprint density at radius 3 is 2.54 bits per heavy atom. The molecule has 0 bridgehead atoms. The van der Waals surface area contributed by atoms with E-state index in [1.807, 2.05) is 4.90 Å². The third-order valence-corrected chi connectivity index (χ3v) is 4.97. The average Bonchev–Trinajstić information content (AvgIpc) is 2.74. The van der Waals surface area contributed by atoms with Crippen molar-refractivity contribution in [2.75, 3.05) is 32.6 Å². The van der Waals surface area contributed by atoms with Crippen LogP contribution in [-0.4, -0.2) is 49.0 Å². The van der Waals surface area contributed by atoms with Crippen molar-refractivity contribution in [2.24, 2.45) is 5.92 Å². The number of hydrogen-bond donors (Lipinski definition) is 1. The first-order chi connectivity index (χ1) is 13.5. The molecule has 1 aromatic heterocycles. The number of hydrogen-bond acceptors (Lipinski definition) is 5. The Morgan fingerprint density at radius 1 is 1.11 bits per heavy atom. The number of carbonyl (C=O) groups is 2. The molecule has 2 heterocycles. The molecule has 0 radical (unpaired) electrons. The van der Waals surface area contributed by atoms with E-state index in [-0.39, 0.29) is 11.6 Å². The van der Waals surface area contributed by atoms with Gasteiger partial charge in [-0.2, -0.15) is 0 Å². The van der Waals surface area contributed by atoms with Gasteiger partial charge in [0.05, 0.1) is 19.9 Å². The molecule has 1 aliphatic heterocycles. The molecular formula is C21H25N3O4. The summed E-state index contributed by atoms with van der Waals surface area (Å²) in [6, 6.07) is 8.28. The van der Waals surface area contributed by atoms with Gasteiger partial charge in [-0.25, -0.2) is 0 Å². The summed E-state index contributed by atoms with van der Waals surface area (Å²) in [6.07, 6.45) is 3.49. The zero-order valence-corrected chi connectivity index (χ0v) is 16.4. The topological polar surface area (TPSA) is 80.8 Å². The number of ether oxygens (including phenoxy) is 2. The largest absolute Gasteiger partial charge is 0.497 e. The fourth-order valence-electron chi connectivity index (χ4n) is 3.17. The molecule has 0 saturated carbocycles. The summed E-state index contributed by atoms with van der Waals surface area (Å²) in [5.41, 5.74) is 1.14. The monoisotopic (exact) mass is 383 g/mol. The summed E-state index contributed by atoms with van der Waals surface area (Å²) in [4.78, 5) is 31.3. The lowest BCUT2D eigenvalue weighted by Crippen LogP contribution is -2.38. The Kier molecular flexibility index (Phi) is 6.13. The summed E-state index contributed by atoms with van der Waals surface area (Å²) in [7, 11) is 3.07. The molecule has 2 amide bonds. The molecule has 0 spiro atoms. The maximum Gasteiger partial charge on any atom is 0.274 e. The number of methoxy groups -OCH3 is 2. The number of aromatic nitrogens is 1. The van der Waals surface area contributed by atoms with E-state index in [0.717, 1.165) is 25.9 Å². The van der Waals surface area contributed by atoms with Gasteiger partial charge in [-0.3, -0.25) is 14.6 Å². The summed E-state index contributed by atoms with van der Waals surface area (Å²) in [5.74, 6) is 1.26. The minimum Gasteiger partial charge on any atom is -0.497 e. The van der Waals surface area contributed by atoms with Gasteiger partial charge in [0, 0.05) is 30.9 Å². The normalized spacial score (nSPS) is 14.5. The molecule has 1 fully saturated rings. The van der Waals surface area contributed by atoms with Crippen molar-refractivity contribution in [1.29, 1.82) is 0 Å². The second kappa shape index (κ2) is 8.73. The van der Waals surface area contributed by atoms with Crippen LogP contribution in [0.3, 0.4) is 0 Å². The Hall–Kier alpha value is -3.09. The van der Waals surface area contributed by atoms with Crippen molar-refractivity contribution < 1.29 is 19.1 Å². The standard InChI is InChI=1S/C21H25N3O4/c1-14-7-10-24(11-8-14)21(26)15-6-9-22-18(12-15)20(25)23-17-5-4-16(27-2)13-19(17)28-3/h4-6,9,12-14H,7-8,10-11H2,1-3H3,(H,23,25). The molecule has 1 N–H and O–H groups in total. The van der Waals surface area contributed by atoms with Crippen molar-refractivity contribution in [2.45, 2.75) is 19.8 Å². The molecule has 148 valence electrons. The van der Waals surface area contributed by atoms with Gasteiger partial charge in [-0.05, 0) is 43.0 Å². The van der Waals surface area contributed by atoms with Crippen LogP contribution in [0, 0.1) is 5.92 Å². The van der Waals surface area contributed by atoms with Crippen LogP contribution in [0.15, 0.2) is 36.5 Å². The number of piperidine rings is 1. The van der Waals surface area contributed by atoms with E-state index in [0.29, 0.717) is 28.7 Å². The number of carbonyl (C=O) groups excluding carboxylic acids is 2. The summed E-state index contributed by atoms with van der Waals surface area (Å²) >= 11 is 0. The lowest BCUT2D eigenvalue weighted by molar-refractivity contribution is 0.0697. The summed E-state index contributed by atoms with van der Waals surface area (Å²) < 4.78 is 10.5. The van der Waals surface area contributed by atoms with Crippen molar-refractivity contribution >= 4 is 17.5 Å². The fourth-order valence-corrected chi connectivity index (χ4v) is 3.17. The molecule has 7 nitrogen and oxygen atoms in total. The number of rotatable bonds is 5. The Balaban J connectivity index is 1.75. The Morgan fingerprint density at radius 2 is 1.86 bits per heavy atom. The SMILES string of the molecule is COc1ccc(NC(=O)c2cc(C(=O)N3CCC(C)CC3)ccn2)c(OC)c1. The van der Waals surface area contributed by atoms with Crippen LogP contribution >= 0.6 is 0 Å². The predicted octanol–water partition coefficient (Wildman–Crippen LogP) is 3.22. The van der Waals surface area contributed by atoms with Crippen molar-refractivity contribution in [1.82, 2.24) is 9.88 Å². The zero-order chi connectivity index (χ0) is 20.1. The maximum atomic E-state index is 12.7. The lowest BCUT2D eigenvalue weighted by Gasteiger charge is -2.30. The molecule has 0 atom stereocenters. The molecule has 3 rings (SSSR count). The molecule has 0 aliphatic carbocycles. The number of benzene rings is 1. The number of likely N-dealkylation sites (tertiary alicyclic amines) is 1. The van der Waals surface area contributed by atoms with Gasteiger partial charge in [0.1, 0.15) is 17.2 Å². The third-order valence-electron chi connectivity index (χ3n) is 4.97. The minimum atomic E-state index is -0.412. The number of nitrogens with zero attached hydrogens (tertiary/aromatic N) is 2. The van der Waals surface area contributed by atoms with Gasteiger partial charge in [0.2, 0.25) is 0 Å². The molecule has 1 saturated heterocycles. The van der Waals surface area contributed by atoms with Gasteiger partial charge in [-0.1, -0.05) is 6.92 Å². The fraction of sp³-hybridized carbons (Fsp3) is 0.381. The summed E-state index contributed by atoms with van der Waals surface area (Å²) in [5, 5.41) is 2.77. The van der Waals surface area contributed by atoms with Gasteiger partial charge < -0.3 is 19.7 Å². The average molecular weight is 383 g/mol. The van der Waals surface area contributed by atoms with Crippen LogP contribution in [0.2, 0.25) is 0 Å². The molecule has 2 aromatic rings. The predicted molar refractivity (Wildman–Crippen MR) is 106 cm³/mol. The van der Waals surface area contributed by atoms with E-state index in [4.69, 9.17) is 9.47 Å². The van der Waals surface area contributed by atoms with E-state index < -0.39 is 5.91 Å². The van der Waals surface area contributed by atoms with Crippen LogP contribution in [0.25, 0.3) is 0 Å². The van der Waals surface area contributed by atoms with Crippen LogP contribution in [0.5, 0.6) is 11.5 Å². The highest BCUT2D eigenvalue weighted by Crippen LogP contribution is 2.29. The van der Waals surface area contributed by atoms with Crippen LogP contribution < -0.4 is 14.8 Å². The van der Waals surface area contributed by atoms with E-state index in [1.54, 1.807) is 31.4 Å². The molecule has 1 aliphatic rings. The van der Waals surface area contributed by atoms with E-state index in [2.05, 4.69) is 17.2 Å². The quantitative estimate of drug-likeness (QED) is 0.857. The first kappa shape index (κ1) is 19.7. The van der Waals surface area contributed by atoms with Gasteiger partial charge >= 0.3 is 0 Å². The lowest BCUT2D eigenvalue weighted by atomic mass is 9.98. The molecule has 1 aromatic carbocycles. The van der Waals surface area contributed by atoms with Crippen LogP contribution in [0.1, 0.15) is 40.6 Å². The highest BCUT2D eigenvalue weighted by Gasteiger charge is 2.22. The molecule has 28 heavy (non-hydrogen) atoms. The first-order valence-electron chi connectivity index (χ1n) is 9.30. The Bertz CT molecular complexity index is 860. The number of amides is 2. The molecular weight excluding hydrogens is 358 g/mol. The Labute approximate surface area is 164 Å².